The van der Waals surface area contributed by atoms with Crippen LogP contribution in [-0.2, 0) is 17.9 Å². The van der Waals surface area contributed by atoms with Crippen LogP contribution in [0.15, 0.2) is 36.8 Å². The number of aromatic nitrogens is 2. The topological polar surface area (TPSA) is 72.9 Å². The third-order valence-corrected chi connectivity index (χ3v) is 2.56. The van der Waals surface area contributed by atoms with E-state index in [1.54, 1.807) is 17.1 Å². The molecule has 0 aliphatic carbocycles. The van der Waals surface area contributed by atoms with E-state index >= 15 is 0 Å². The highest BCUT2D eigenvalue weighted by Gasteiger charge is 2.04. The van der Waals surface area contributed by atoms with Gasteiger partial charge in [-0.1, -0.05) is 17.7 Å². The molecule has 0 atom stereocenters. The molecule has 1 heterocycles. The largest absolute Gasteiger partial charge is 0.328 e. The molecule has 0 saturated carbocycles. The van der Waals surface area contributed by atoms with Gasteiger partial charge in [0.05, 0.1) is 12.0 Å². The summed E-state index contributed by atoms with van der Waals surface area (Å²) in [5, 5.41) is 2.83. The van der Waals surface area contributed by atoms with Crippen molar-refractivity contribution in [2.75, 3.05) is 5.32 Å². The van der Waals surface area contributed by atoms with E-state index in [0.717, 1.165) is 16.9 Å². The first-order valence-electron chi connectivity index (χ1n) is 5.74. The Hall–Kier alpha value is -2.14. The van der Waals surface area contributed by atoms with E-state index < -0.39 is 0 Å². The predicted octanol–water partition coefficient (Wildman–Crippen LogP) is 1.29. The van der Waals surface area contributed by atoms with E-state index in [2.05, 4.69) is 10.3 Å². The van der Waals surface area contributed by atoms with Crippen molar-refractivity contribution >= 4 is 11.6 Å². The SMILES string of the molecule is Cc1ccc(NC(=O)Cn2cnc(CN)c2)cc1. The Morgan fingerprint density at radius 2 is 2.11 bits per heavy atom. The maximum Gasteiger partial charge on any atom is 0.244 e. The summed E-state index contributed by atoms with van der Waals surface area (Å²) in [5.74, 6) is -0.0835. The standard InChI is InChI=1S/C13H16N4O/c1-10-2-4-11(5-3-10)16-13(18)8-17-7-12(6-14)15-9-17/h2-5,7,9H,6,8,14H2,1H3,(H,16,18). The number of aryl methyl sites for hydroxylation is 1. The highest BCUT2D eigenvalue weighted by Crippen LogP contribution is 2.08. The normalized spacial score (nSPS) is 10.3. The van der Waals surface area contributed by atoms with Crippen molar-refractivity contribution in [3.8, 4) is 0 Å². The molecule has 18 heavy (non-hydrogen) atoms. The maximum absolute atomic E-state index is 11.8. The van der Waals surface area contributed by atoms with Gasteiger partial charge in [-0.15, -0.1) is 0 Å². The van der Waals surface area contributed by atoms with Gasteiger partial charge in [0.15, 0.2) is 0 Å². The second-order valence-electron chi connectivity index (χ2n) is 4.16. The van der Waals surface area contributed by atoms with Crippen LogP contribution in [-0.4, -0.2) is 15.5 Å². The Bertz CT molecular complexity index is 530. The first kappa shape index (κ1) is 12.3. The molecular weight excluding hydrogens is 228 g/mol. The van der Waals surface area contributed by atoms with E-state index in [1.807, 2.05) is 31.2 Å². The molecule has 5 nitrogen and oxygen atoms in total. The van der Waals surface area contributed by atoms with Crippen molar-refractivity contribution < 1.29 is 4.79 Å². The van der Waals surface area contributed by atoms with E-state index in [4.69, 9.17) is 5.73 Å². The lowest BCUT2D eigenvalue weighted by Crippen LogP contribution is -2.17. The minimum atomic E-state index is -0.0835. The number of imidazole rings is 1. The first-order valence-corrected chi connectivity index (χ1v) is 5.74. The summed E-state index contributed by atoms with van der Waals surface area (Å²) in [6, 6.07) is 7.68. The van der Waals surface area contributed by atoms with Crippen LogP contribution in [0.2, 0.25) is 0 Å². The Balaban J connectivity index is 1.94. The Morgan fingerprint density at radius 3 is 2.72 bits per heavy atom. The molecule has 1 amide bonds. The minimum absolute atomic E-state index is 0.0835. The van der Waals surface area contributed by atoms with Crippen molar-refractivity contribution in [3.63, 3.8) is 0 Å². The van der Waals surface area contributed by atoms with Crippen molar-refractivity contribution in [2.45, 2.75) is 20.0 Å². The van der Waals surface area contributed by atoms with Gasteiger partial charge >= 0.3 is 0 Å². The molecule has 0 aliphatic rings. The van der Waals surface area contributed by atoms with Gasteiger partial charge in [0, 0.05) is 18.4 Å². The van der Waals surface area contributed by atoms with Crippen LogP contribution < -0.4 is 11.1 Å². The highest BCUT2D eigenvalue weighted by molar-refractivity contribution is 5.90. The number of hydrogen-bond donors (Lipinski definition) is 2. The fraction of sp³-hybridized carbons (Fsp3) is 0.231. The summed E-state index contributed by atoms with van der Waals surface area (Å²) in [6.07, 6.45) is 3.38. The molecule has 3 N–H and O–H groups in total. The fourth-order valence-corrected chi connectivity index (χ4v) is 1.60. The van der Waals surface area contributed by atoms with Crippen LogP contribution in [0.3, 0.4) is 0 Å². The zero-order valence-electron chi connectivity index (χ0n) is 10.3. The van der Waals surface area contributed by atoms with Gasteiger partial charge in [-0.05, 0) is 19.1 Å². The third-order valence-electron chi connectivity index (χ3n) is 2.56. The number of benzene rings is 1. The van der Waals surface area contributed by atoms with Crippen LogP contribution in [0.4, 0.5) is 5.69 Å². The number of hydrogen-bond acceptors (Lipinski definition) is 3. The van der Waals surface area contributed by atoms with Gasteiger partial charge in [-0.3, -0.25) is 4.79 Å². The van der Waals surface area contributed by atoms with Gasteiger partial charge in [0.2, 0.25) is 5.91 Å². The molecule has 0 unspecified atom stereocenters. The van der Waals surface area contributed by atoms with E-state index in [1.165, 1.54) is 0 Å². The van der Waals surface area contributed by atoms with Gasteiger partial charge in [0.1, 0.15) is 6.54 Å². The van der Waals surface area contributed by atoms with Crippen molar-refractivity contribution in [2.24, 2.45) is 5.73 Å². The number of carbonyl (C=O) groups is 1. The number of nitrogens with zero attached hydrogens (tertiary/aromatic N) is 2. The quantitative estimate of drug-likeness (QED) is 0.851. The molecule has 0 fully saturated rings. The number of amides is 1. The van der Waals surface area contributed by atoms with Gasteiger partial charge in [-0.25, -0.2) is 4.98 Å². The van der Waals surface area contributed by atoms with E-state index in [9.17, 15) is 4.79 Å². The van der Waals surface area contributed by atoms with Crippen LogP contribution in [0.1, 0.15) is 11.3 Å². The van der Waals surface area contributed by atoms with Crippen LogP contribution >= 0.6 is 0 Å². The monoisotopic (exact) mass is 244 g/mol. The summed E-state index contributed by atoms with van der Waals surface area (Å²) < 4.78 is 1.71. The predicted molar refractivity (Wildman–Crippen MR) is 69.9 cm³/mol. The maximum atomic E-state index is 11.8. The smallest absolute Gasteiger partial charge is 0.244 e. The minimum Gasteiger partial charge on any atom is -0.328 e. The van der Waals surface area contributed by atoms with Crippen LogP contribution in [0, 0.1) is 6.92 Å². The number of rotatable bonds is 4. The molecule has 2 rings (SSSR count). The average molecular weight is 244 g/mol. The fourth-order valence-electron chi connectivity index (χ4n) is 1.60. The summed E-state index contributed by atoms with van der Waals surface area (Å²) in [6.45, 7) is 2.62. The van der Waals surface area contributed by atoms with E-state index in [0.29, 0.717) is 6.54 Å². The third kappa shape index (κ3) is 3.18. The van der Waals surface area contributed by atoms with Crippen molar-refractivity contribution in [3.05, 3.63) is 48.0 Å². The summed E-state index contributed by atoms with van der Waals surface area (Å²) >= 11 is 0. The molecule has 2 aromatic rings. The van der Waals surface area contributed by atoms with Crippen molar-refractivity contribution in [1.29, 1.82) is 0 Å². The number of nitrogens with one attached hydrogen (secondary N) is 1. The molecule has 1 aromatic heterocycles. The molecule has 1 aromatic carbocycles. The lowest BCUT2D eigenvalue weighted by atomic mass is 10.2. The Kier molecular flexibility index (Phi) is 3.74. The second-order valence-corrected chi connectivity index (χ2v) is 4.16. The number of nitrogens with two attached hydrogens (primary N) is 1. The summed E-state index contributed by atoms with van der Waals surface area (Å²) in [5.41, 5.74) is 8.19. The van der Waals surface area contributed by atoms with E-state index in [-0.39, 0.29) is 12.5 Å². The Labute approximate surface area is 106 Å². The molecule has 0 spiro atoms. The second kappa shape index (κ2) is 5.46. The molecule has 0 saturated heterocycles. The lowest BCUT2D eigenvalue weighted by Gasteiger charge is -2.05. The molecule has 5 heteroatoms. The molecule has 0 bridgehead atoms. The molecule has 0 aliphatic heterocycles. The zero-order valence-corrected chi connectivity index (χ0v) is 10.3. The van der Waals surface area contributed by atoms with Gasteiger partial charge in [0.25, 0.3) is 0 Å². The average Bonchev–Trinajstić information content (AvgIpc) is 2.79. The highest BCUT2D eigenvalue weighted by atomic mass is 16.1. The van der Waals surface area contributed by atoms with Crippen molar-refractivity contribution in [1.82, 2.24) is 9.55 Å². The molecule has 0 radical (unpaired) electrons. The number of carbonyl (C=O) groups excluding carboxylic acids is 1. The van der Waals surface area contributed by atoms with Gasteiger partial charge in [-0.2, -0.15) is 0 Å². The first-order chi connectivity index (χ1) is 8.67. The number of anilines is 1. The molecule has 94 valence electrons. The zero-order chi connectivity index (χ0) is 13.0. The van der Waals surface area contributed by atoms with Crippen LogP contribution in [0.25, 0.3) is 0 Å². The Morgan fingerprint density at radius 1 is 1.39 bits per heavy atom. The van der Waals surface area contributed by atoms with Crippen LogP contribution in [0.5, 0.6) is 0 Å². The van der Waals surface area contributed by atoms with Gasteiger partial charge < -0.3 is 15.6 Å². The lowest BCUT2D eigenvalue weighted by molar-refractivity contribution is -0.116. The molecular formula is C13H16N4O. The summed E-state index contributed by atoms with van der Waals surface area (Å²) in [4.78, 5) is 15.8. The summed E-state index contributed by atoms with van der Waals surface area (Å²) in [7, 11) is 0.